The van der Waals surface area contributed by atoms with Gasteiger partial charge in [0.05, 0.1) is 17.2 Å². The van der Waals surface area contributed by atoms with Gasteiger partial charge in [0.1, 0.15) is 0 Å². The minimum atomic E-state index is -4.91. The van der Waals surface area contributed by atoms with Gasteiger partial charge in [-0.2, -0.15) is 26.3 Å². The first-order valence-electron chi connectivity index (χ1n) is 9.32. The number of hydrogen-bond donors (Lipinski definition) is 1. The van der Waals surface area contributed by atoms with Crippen LogP contribution in [0.25, 0.3) is 11.1 Å². The highest BCUT2D eigenvalue weighted by molar-refractivity contribution is 5.82. The zero-order valence-corrected chi connectivity index (χ0v) is 16.1. The molecule has 2 aromatic carbocycles. The number of alkyl halides is 6. The average Bonchev–Trinajstić information content (AvgIpc) is 3.10. The van der Waals surface area contributed by atoms with E-state index < -0.39 is 23.5 Å². The summed E-state index contributed by atoms with van der Waals surface area (Å²) in [4.78, 5) is 14.2. The number of nitrogens with zero attached hydrogens (tertiary/aromatic N) is 1. The quantitative estimate of drug-likeness (QED) is 0.685. The first-order chi connectivity index (χ1) is 13.9. The van der Waals surface area contributed by atoms with Crippen molar-refractivity contribution in [1.82, 2.24) is 10.2 Å². The van der Waals surface area contributed by atoms with Gasteiger partial charge in [-0.3, -0.25) is 9.69 Å². The molecule has 1 fully saturated rings. The Kier molecular flexibility index (Phi) is 6.12. The molecular weight excluding hydrogens is 410 g/mol. The van der Waals surface area contributed by atoms with Crippen molar-refractivity contribution < 1.29 is 31.1 Å². The molecule has 3 rings (SSSR count). The van der Waals surface area contributed by atoms with E-state index in [1.54, 1.807) is 6.07 Å². The molecule has 1 aliphatic rings. The number of carbonyl (C=O) groups excluding carboxylic acids is 1. The SMILES string of the molecule is CN1CCCC1C(=O)NCc1cccc(-c2cc(C(F)(F)F)cc(C(F)(F)F)c2)c1. The predicted molar refractivity (Wildman–Crippen MR) is 99.4 cm³/mol. The van der Waals surface area contributed by atoms with Crippen molar-refractivity contribution in [2.45, 2.75) is 37.8 Å². The molecule has 0 spiro atoms. The fourth-order valence-electron chi connectivity index (χ4n) is 3.53. The van der Waals surface area contributed by atoms with Gasteiger partial charge in [0.25, 0.3) is 0 Å². The summed E-state index contributed by atoms with van der Waals surface area (Å²) in [5, 5.41) is 2.78. The first-order valence-corrected chi connectivity index (χ1v) is 9.32. The molecule has 3 nitrogen and oxygen atoms in total. The summed E-state index contributed by atoms with van der Waals surface area (Å²) in [6.45, 7) is 0.951. The molecular formula is C21H20F6N2O. The van der Waals surface area contributed by atoms with Gasteiger partial charge in [0.15, 0.2) is 0 Å². The molecule has 9 heteroatoms. The zero-order chi connectivity index (χ0) is 22.1. The summed E-state index contributed by atoms with van der Waals surface area (Å²) in [6, 6.07) is 7.37. The molecule has 0 aromatic heterocycles. The van der Waals surface area contributed by atoms with Crippen LogP contribution in [0.3, 0.4) is 0 Å². The van der Waals surface area contributed by atoms with Crippen molar-refractivity contribution >= 4 is 5.91 Å². The third-order valence-corrected chi connectivity index (χ3v) is 5.14. The van der Waals surface area contributed by atoms with E-state index in [1.165, 1.54) is 18.2 Å². The Hall–Kier alpha value is -2.55. The summed E-state index contributed by atoms with van der Waals surface area (Å²) in [5.74, 6) is -0.154. The normalized spacial score (nSPS) is 17.9. The molecule has 1 heterocycles. The van der Waals surface area contributed by atoms with Crippen molar-refractivity contribution in [1.29, 1.82) is 0 Å². The van der Waals surface area contributed by atoms with Crippen molar-refractivity contribution in [2.75, 3.05) is 13.6 Å². The van der Waals surface area contributed by atoms with E-state index in [-0.39, 0.29) is 35.7 Å². The van der Waals surface area contributed by atoms with E-state index in [0.717, 1.165) is 19.4 Å². The Balaban J connectivity index is 1.85. The van der Waals surface area contributed by atoms with Gasteiger partial charge in [-0.15, -0.1) is 0 Å². The largest absolute Gasteiger partial charge is 0.416 e. The summed E-state index contributed by atoms with van der Waals surface area (Å²) < 4.78 is 78.6. The number of nitrogens with one attached hydrogen (secondary N) is 1. The van der Waals surface area contributed by atoms with Crippen molar-refractivity contribution in [3.63, 3.8) is 0 Å². The third-order valence-electron chi connectivity index (χ3n) is 5.14. The topological polar surface area (TPSA) is 32.3 Å². The Labute approximate surface area is 169 Å². The Morgan fingerprint density at radius 1 is 1.00 bits per heavy atom. The van der Waals surface area contributed by atoms with E-state index in [1.807, 2.05) is 11.9 Å². The maximum Gasteiger partial charge on any atom is 0.416 e. The average molecular weight is 430 g/mol. The highest BCUT2D eigenvalue weighted by atomic mass is 19.4. The molecule has 2 aromatic rings. The Morgan fingerprint density at radius 2 is 1.63 bits per heavy atom. The molecule has 1 amide bonds. The highest BCUT2D eigenvalue weighted by Gasteiger charge is 2.37. The molecule has 0 radical (unpaired) electrons. The van der Waals surface area contributed by atoms with Crippen LogP contribution < -0.4 is 5.32 Å². The maximum atomic E-state index is 13.1. The molecule has 162 valence electrons. The van der Waals surface area contributed by atoms with Crippen molar-refractivity contribution in [3.8, 4) is 11.1 Å². The van der Waals surface area contributed by atoms with E-state index in [9.17, 15) is 31.1 Å². The monoisotopic (exact) mass is 430 g/mol. The van der Waals surface area contributed by atoms with Gasteiger partial charge in [0.2, 0.25) is 5.91 Å². The standard InChI is InChI=1S/C21H20F6N2O/c1-29-7-3-6-18(29)19(30)28-12-13-4-2-5-14(8-13)15-9-16(20(22,23)24)11-17(10-15)21(25,26)27/h2,4-5,8-11,18H,3,6-7,12H2,1H3,(H,28,30). The van der Waals surface area contributed by atoms with E-state index in [0.29, 0.717) is 17.7 Å². The lowest BCUT2D eigenvalue weighted by Crippen LogP contribution is -2.41. The fraction of sp³-hybridized carbons (Fsp3) is 0.381. The van der Waals surface area contributed by atoms with E-state index in [2.05, 4.69) is 5.32 Å². The second-order valence-electron chi connectivity index (χ2n) is 7.35. The summed E-state index contributed by atoms with van der Waals surface area (Å²) in [6.07, 6.45) is -8.15. The molecule has 1 aliphatic heterocycles. The summed E-state index contributed by atoms with van der Waals surface area (Å²) >= 11 is 0. The number of rotatable bonds is 4. The third kappa shape index (κ3) is 5.13. The molecule has 1 saturated heterocycles. The van der Waals surface area contributed by atoms with Gasteiger partial charge >= 0.3 is 12.4 Å². The molecule has 30 heavy (non-hydrogen) atoms. The predicted octanol–water partition coefficient (Wildman–Crippen LogP) is 5.10. The summed E-state index contributed by atoms with van der Waals surface area (Å²) in [7, 11) is 1.85. The van der Waals surface area contributed by atoms with Crippen LogP contribution >= 0.6 is 0 Å². The Morgan fingerprint density at radius 3 is 2.17 bits per heavy atom. The van der Waals surface area contributed by atoms with Gasteiger partial charge in [-0.25, -0.2) is 0 Å². The molecule has 0 aliphatic carbocycles. The second-order valence-corrected chi connectivity index (χ2v) is 7.35. The molecule has 1 atom stereocenters. The zero-order valence-electron chi connectivity index (χ0n) is 16.1. The molecule has 0 bridgehead atoms. The van der Waals surface area contributed by atoms with Crippen LogP contribution in [0.2, 0.25) is 0 Å². The van der Waals surface area contributed by atoms with Crippen LogP contribution in [-0.2, 0) is 23.7 Å². The van der Waals surface area contributed by atoms with E-state index >= 15 is 0 Å². The van der Waals surface area contributed by atoms with Crippen LogP contribution in [0.1, 0.15) is 29.5 Å². The van der Waals surface area contributed by atoms with Crippen molar-refractivity contribution in [2.24, 2.45) is 0 Å². The number of amides is 1. The number of benzene rings is 2. The van der Waals surface area contributed by atoms with Gasteiger partial charge in [-0.1, -0.05) is 18.2 Å². The lowest BCUT2D eigenvalue weighted by Gasteiger charge is -2.19. The van der Waals surface area contributed by atoms with Crippen LogP contribution in [0, 0.1) is 0 Å². The number of likely N-dealkylation sites (N-methyl/N-ethyl adjacent to an activating group) is 1. The Bertz CT molecular complexity index is 890. The van der Waals surface area contributed by atoms with Crippen LogP contribution in [0.5, 0.6) is 0 Å². The van der Waals surface area contributed by atoms with E-state index in [4.69, 9.17) is 0 Å². The highest BCUT2D eigenvalue weighted by Crippen LogP contribution is 2.38. The number of likely N-dealkylation sites (tertiary alicyclic amines) is 1. The minimum absolute atomic E-state index is 0.103. The van der Waals surface area contributed by atoms with Crippen LogP contribution in [0.15, 0.2) is 42.5 Å². The van der Waals surface area contributed by atoms with Crippen LogP contribution in [-0.4, -0.2) is 30.4 Å². The number of carbonyl (C=O) groups is 1. The lowest BCUT2D eigenvalue weighted by atomic mass is 9.97. The van der Waals surface area contributed by atoms with Gasteiger partial charge in [-0.05, 0) is 67.4 Å². The fourth-order valence-corrected chi connectivity index (χ4v) is 3.53. The lowest BCUT2D eigenvalue weighted by molar-refractivity contribution is -0.143. The molecule has 1 N–H and O–H groups in total. The molecule has 0 saturated carbocycles. The van der Waals surface area contributed by atoms with Gasteiger partial charge in [0, 0.05) is 6.54 Å². The first kappa shape index (κ1) is 22.1. The molecule has 1 unspecified atom stereocenters. The van der Waals surface area contributed by atoms with Crippen molar-refractivity contribution in [3.05, 3.63) is 59.2 Å². The van der Waals surface area contributed by atoms with Gasteiger partial charge < -0.3 is 5.32 Å². The maximum absolute atomic E-state index is 13.1. The number of hydrogen-bond acceptors (Lipinski definition) is 2. The number of halogens is 6. The smallest absolute Gasteiger partial charge is 0.351 e. The second kappa shape index (κ2) is 8.29. The minimum Gasteiger partial charge on any atom is -0.351 e. The summed E-state index contributed by atoms with van der Waals surface area (Å²) in [5.41, 5.74) is -2.14. The van der Waals surface area contributed by atoms with Crippen LogP contribution in [0.4, 0.5) is 26.3 Å².